The van der Waals surface area contributed by atoms with Crippen molar-refractivity contribution < 1.29 is 5.11 Å². The molecule has 1 unspecified atom stereocenters. The van der Waals surface area contributed by atoms with Crippen molar-refractivity contribution in [3.63, 3.8) is 0 Å². The molecule has 1 aromatic heterocycles. The zero-order valence-corrected chi connectivity index (χ0v) is 9.03. The molecule has 74 valence electrons. The van der Waals surface area contributed by atoms with E-state index in [0.717, 1.165) is 17.8 Å². The lowest BCUT2D eigenvalue weighted by Gasteiger charge is -2.25. The first-order valence-electron chi connectivity index (χ1n) is 4.70. The van der Waals surface area contributed by atoms with Crippen LogP contribution in [-0.4, -0.2) is 18.2 Å². The lowest BCUT2D eigenvalue weighted by Crippen LogP contribution is -2.36. The Morgan fingerprint density at radius 2 is 2.31 bits per heavy atom. The summed E-state index contributed by atoms with van der Waals surface area (Å²) in [5.74, 6) is 0. The van der Waals surface area contributed by atoms with Gasteiger partial charge in [-0.05, 0) is 24.4 Å². The van der Waals surface area contributed by atoms with Crippen LogP contribution in [0.5, 0.6) is 0 Å². The Bertz CT molecular complexity index is 235. The Morgan fingerprint density at radius 1 is 1.54 bits per heavy atom. The largest absolute Gasteiger partial charge is 0.383 e. The number of thiophene rings is 1. The molecule has 2 N–H and O–H groups in total. The number of aliphatic hydroxyl groups is 1. The topological polar surface area (TPSA) is 32.3 Å². The van der Waals surface area contributed by atoms with Crippen molar-refractivity contribution in [1.82, 2.24) is 5.32 Å². The summed E-state index contributed by atoms with van der Waals surface area (Å²) in [6, 6.07) is 3.97. The predicted octanol–water partition coefficient (Wildman–Crippen LogP) is 1.96. The molecule has 0 aliphatic heterocycles. The maximum Gasteiger partial charge on any atom is 0.111 e. The Hall–Kier alpha value is -0.380. The van der Waals surface area contributed by atoms with Crippen molar-refractivity contribution >= 4 is 11.3 Å². The Morgan fingerprint density at radius 3 is 2.77 bits per heavy atom. The van der Waals surface area contributed by atoms with E-state index in [4.69, 9.17) is 0 Å². The fraction of sp³-hybridized carbons (Fsp3) is 0.600. The zero-order chi connectivity index (χ0) is 9.73. The molecule has 0 saturated heterocycles. The molecule has 3 heteroatoms. The quantitative estimate of drug-likeness (QED) is 0.759. The summed E-state index contributed by atoms with van der Waals surface area (Å²) in [4.78, 5) is 1.05. The van der Waals surface area contributed by atoms with E-state index < -0.39 is 5.60 Å². The van der Waals surface area contributed by atoms with Crippen LogP contribution in [0.3, 0.4) is 0 Å². The van der Waals surface area contributed by atoms with Gasteiger partial charge in [0.1, 0.15) is 5.60 Å². The van der Waals surface area contributed by atoms with Crippen LogP contribution in [0.15, 0.2) is 17.5 Å². The molecule has 0 radical (unpaired) electrons. The van der Waals surface area contributed by atoms with Crippen molar-refractivity contribution in [1.29, 1.82) is 0 Å². The van der Waals surface area contributed by atoms with Gasteiger partial charge in [0.15, 0.2) is 0 Å². The highest BCUT2D eigenvalue weighted by atomic mass is 32.1. The smallest absolute Gasteiger partial charge is 0.111 e. The molecule has 1 aromatic rings. The molecule has 1 heterocycles. The predicted molar refractivity (Wildman–Crippen MR) is 57.1 cm³/mol. The average Bonchev–Trinajstić information content (AvgIpc) is 2.67. The van der Waals surface area contributed by atoms with Crippen LogP contribution in [-0.2, 0) is 5.60 Å². The first-order chi connectivity index (χ1) is 6.23. The van der Waals surface area contributed by atoms with Gasteiger partial charge in [0.2, 0.25) is 0 Å². The summed E-state index contributed by atoms with van der Waals surface area (Å²) in [5, 5.41) is 15.4. The Balaban J connectivity index is 2.69. The van der Waals surface area contributed by atoms with E-state index in [1.165, 1.54) is 0 Å². The van der Waals surface area contributed by atoms with E-state index in [1.807, 2.05) is 31.4 Å². The van der Waals surface area contributed by atoms with Crippen molar-refractivity contribution in [3.05, 3.63) is 22.4 Å². The van der Waals surface area contributed by atoms with Crippen LogP contribution in [0.2, 0.25) is 0 Å². The molecule has 0 amide bonds. The van der Waals surface area contributed by atoms with Crippen LogP contribution in [0.25, 0.3) is 0 Å². The van der Waals surface area contributed by atoms with Crippen LogP contribution in [0.1, 0.15) is 25.1 Å². The minimum absolute atomic E-state index is 0.639. The van der Waals surface area contributed by atoms with Crippen LogP contribution in [0.4, 0.5) is 0 Å². The molecule has 0 spiro atoms. The van der Waals surface area contributed by atoms with E-state index in [2.05, 4.69) is 5.32 Å². The SMILES string of the molecule is CCNCC(O)(CC)c1cccs1. The van der Waals surface area contributed by atoms with E-state index in [9.17, 15) is 5.11 Å². The van der Waals surface area contributed by atoms with Gasteiger partial charge in [0.05, 0.1) is 0 Å². The van der Waals surface area contributed by atoms with Gasteiger partial charge in [-0.25, -0.2) is 0 Å². The highest BCUT2D eigenvalue weighted by Crippen LogP contribution is 2.27. The van der Waals surface area contributed by atoms with Crippen molar-refractivity contribution in [2.75, 3.05) is 13.1 Å². The molecule has 0 saturated carbocycles. The third kappa shape index (κ3) is 2.53. The second-order valence-electron chi connectivity index (χ2n) is 3.14. The summed E-state index contributed by atoms with van der Waals surface area (Å²) in [6.45, 7) is 5.59. The summed E-state index contributed by atoms with van der Waals surface area (Å²) in [5.41, 5.74) is -0.676. The van der Waals surface area contributed by atoms with Crippen molar-refractivity contribution in [3.8, 4) is 0 Å². The maximum absolute atomic E-state index is 10.3. The molecule has 2 nitrogen and oxygen atoms in total. The fourth-order valence-corrected chi connectivity index (χ4v) is 2.16. The summed E-state index contributed by atoms with van der Waals surface area (Å²) in [7, 11) is 0. The first kappa shape index (κ1) is 10.7. The van der Waals surface area contributed by atoms with Gasteiger partial charge >= 0.3 is 0 Å². The maximum atomic E-state index is 10.3. The number of rotatable bonds is 5. The van der Waals surface area contributed by atoms with Crippen molar-refractivity contribution in [2.45, 2.75) is 25.9 Å². The second-order valence-corrected chi connectivity index (χ2v) is 4.09. The van der Waals surface area contributed by atoms with E-state index in [0.29, 0.717) is 6.54 Å². The number of hydrogen-bond donors (Lipinski definition) is 2. The molecular formula is C10H17NOS. The first-order valence-corrected chi connectivity index (χ1v) is 5.58. The minimum Gasteiger partial charge on any atom is -0.383 e. The fourth-order valence-electron chi connectivity index (χ4n) is 1.26. The van der Waals surface area contributed by atoms with Gasteiger partial charge in [-0.2, -0.15) is 0 Å². The molecule has 13 heavy (non-hydrogen) atoms. The standard InChI is InChI=1S/C10H17NOS/c1-3-10(12,8-11-4-2)9-6-5-7-13-9/h5-7,11-12H,3-4,8H2,1-2H3. The van der Waals surface area contributed by atoms with Gasteiger partial charge in [-0.15, -0.1) is 11.3 Å². The minimum atomic E-state index is -0.676. The summed E-state index contributed by atoms with van der Waals surface area (Å²) < 4.78 is 0. The molecule has 1 rings (SSSR count). The van der Waals surface area contributed by atoms with Crippen LogP contribution in [0, 0.1) is 0 Å². The van der Waals surface area contributed by atoms with Gasteiger partial charge < -0.3 is 10.4 Å². The molecule has 0 bridgehead atoms. The Kier molecular flexibility index (Phi) is 3.90. The number of likely N-dealkylation sites (N-methyl/N-ethyl adjacent to an activating group) is 1. The Labute approximate surface area is 83.6 Å². The highest BCUT2D eigenvalue weighted by molar-refractivity contribution is 7.10. The van der Waals surface area contributed by atoms with Gasteiger partial charge in [-0.1, -0.05) is 19.9 Å². The van der Waals surface area contributed by atoms with E-state index >= 15 is 0 Å². The lowest BCUT2D eigenvalue weighted by molar-refractivity contribution is 0.0369. The van der Waals surface area contributed by atoms with Gasteiger partial charge in [0.25, 0.3) is 0 Å². The van der Waals surface area contributed by atoms with E-state index in [1.54, 1.807) is 11.3 Å². The summed E-state index contributed by atoms with van der Waals surface area (Å²) in [6.07, 6.45) is 0.751. The van der Waals surface area contributed by atoms with Crippen LogP contribution >= 0.6 is 11.3 Å². The lowest BCUT2D eigenvalue weighted by atomic mass is 9.99. The third-order valence-electron chi connectivity index (χ3n) is 2.23. The zero-order valence-electron chi connectivity index (χ0n) is 8.21. The second kappa shape index (κ2) is 4.74. The monoisotopic (exact) mass is 199 g/mol. The number of hydrogen-bond acceptors (Lipinski definition) is 3. The highest BCUT2D eigenvalue weighted by Gasteiger charge is 2.27. The van der Waals surface area contributed by atoms with Gasteiger partial charge in [-0.3, -0.25) is 0 Å². The molecule has 1 atom stereocenters. The van der Waals surface area contributed by atoms with Gasteiger partial charge in [0, 0.05) is 11.4 Å². The normalized spacial score (nSPS) is 15.6. The summed E-state index contributed by atoms with van der Waals surface area (Å²) >= 11 is 1.61. The molecule has 0 aromatic carbocycles. The number of nitrogens with one attached hydrogen (secondary N) is 1. The average molecular weight is 199 g/mol. The molecular weight excluding hydrogens is 182 g/mol. The molecule has 0 aliphatic rings. The third-order valence-corrected chi connectivity index (χ3v) is 3.30. The molecule has 0 aliphatic carbocycles. The van der Waals surface area contributed by atoms with E-state index in [-0.39, 0.29) is 0 Å². The van der Waals surface area contributed by atoms with Crippen molar-refractivity contribution in [2.24, 2.45) is 0 Å². The molecule has 0 fully saturated rings. The van der Waals surface area contributed by atoms with Crippen LogP contribution < -0.4 is 5.32 Å².